The van der Waals surface area contributed by atoms with E-state index in [1.807, 2.05) is 19.1 Å². The molecule has 3 aromatic rings. The van der Waals surface area contributed by atoms with E-state index in [9.17, 15) is 13.9 Å². The van der Waals surface area contributed by atoms with Crippen molar-refractivity contribution in [2.75, 3.05) is 18.0 Å². The van der Waals surface area contributed by atoms with Crippen LogP contribution < -0.4 is 4.90 Å². The number of aromatic hydroxyl groups is 1. The molecule has 2 heterocycles. The Bertz CT molecular complexity index is 977. The van der Waals surface area contributed by atoms with Gasteiger partial charge in [-0.3, -0.25) is 0 Å². The molecule has 0 bridgehead atoms. The summed E-state index contributed by atoms with van der Waals surface area (Å²) in [6.07, 6.45) is 2.15. The predicted octanol–water partition coefficient (Wildman–Crippen LogP) is 5.31. The number of benzene rings is 2. The first-order valence-electron chi connectivity index (χ1n) is 9.04. The van der Waals surface area contributed by atoms with Crippen LogP contribution in [0.1, 0.15) is 18.4 Å². The summed E-state index contributed by atoms with van der Waals surface area (Å²) in [5, 5.41) is 10.3. The molecule has 0 radical (unpaired) electrons. The highest BCUT2D eigenvalue weighted by Gasteiger charge is 2.19. The number of aromatic nitrogens is 1. The maximum atomic E-state index is 14.4. The van der Waals surface area contributed by atoms with Gasteiger partial charge in [0, 0.05) is 24.2 Å². The molecule has 1 aromatic heterocycles. The van der Waals surface area contributed by atoms with Crippen LogP contribution in [0.3, 0.4) is 0 Å². The molecule has 1 N–H and O–H groups in total. The third kappa shape index (κ3) is 3.37. The van der Waals surface area contributed by atoms with Crippen molar-refractivity contribution in [3.63, 3.8) is 0 Å². The topological polar surface area (TPSA) is 36.4 Å². The molecular formula is C22H20F2N2O. The molecule has 1 fully saturated rings. The molecule has 5 heteroatoms. The Labute approximate surface area is 156 Å². The average Bonchev–Trinajstić information content (AvgIpc) is 3.20. The number of halogens is 2. The molecular weight excluding hydrogens is 346 g/mol. The predicted molar refractivity (Wildman–Crippen MR) is 103 cm³/mol. The number of hydrogen-bond donors (Lipinski definition) is 1. The van der Waals surface area contributed by atoms with E-state index in [0.717, 1.165) is 37.6 Å². The van der Waals surface area contributed by atoms with Gasteiger partial charge in [-0.2, -0.15) is 0 Å². The van der Waals surface area contributed by atoms with E-state index in [2.05, 4.69) is 4.90 Å². The van der Waals surface area contributed by atoms with E-state index in [4.69, 9.17) is 4.98 Å². The van der Waals surface area contributed by atoms with Crippen LogP contribution in [0, 0.1) is 18.6 Å². The van der Waals surface area contributed by atoms with Gasteiger partial charge in [0.25, 0.3) is 0 Å². The van der Waals surface area contributed by atoms with Gasteiger partial charge < -0.3 is 10.0 Å². The number of phenolic OH excluding ortho intramolecular Hbond substituents is 1. The first kappa shape index (κ1) is 17.5. The van der Waals surface area contributed by atoms with Gasteiger partial charge in [-0.05, 0) is 55.7 Å². The van der Waals surface area contributed by atoms with Crippen LogP contribution in [0.2, 0.25) is 0 Å². The summed E-state index contributed by atoms with van der Waals surface area (Å²) in [6, 6.07) is 12.9. The van der Waals surface area contributed by atoms with Crippen molar-refractivity contribution >= 4 is 5.82 Å². The number of nitrogens with zero attached hydrogens (tertiary/aromatic N) is 2. The number of hydrogen-bond acceptors (Lipinski definition) is 3. The summed E-state index contributed by atoms with van der Waals surface area (Å²) in [5.41, 5.74) is 2.83. The first-order valence-corrected chi connectivity index (χ1v) is 9.04. The Hall–Kier alpha value is -2.95. The molecule has 3 nitrogen and oxygen atoms in total. The minimum Gasteiger partial charge on any atom is -0.507 e. The van der Waals surface area contributed by atoms with Gasteiger partial charge in [-0.1, -0.05) is 23.8 Å². The third-order valence-electron chi connectivity index (χ3n) is 4.93. The number of phenols is 1. The molecule has 0 amide bonds. The lowest BCUT2D eigenvalue weighted by Crippen LogP contribution is -2.19. The van der Waals surface area contributed by atoms with Gasteiger partial charge in [0.15, 0.2) is 11.6 Å². The van der Waals surface area contributed by atoms with E-state index in [1.165, 1.54) is 6.07 Å². The van der Waals surface area contributed by atoms with Crippen molar-refractivity contribution < 1.29 is 13.9 Å². The van der Waals surface area contributed by atoms with Crippen LogP contribution in [0.4, 0.5) is 14.6 Å². The molecule has 27 heavy (non-hydrogen) atoms. The average molecular weight is 366 g/mol. The molecule has 0 aliphatic carbocycles. The van der Waals surface area contributed by atoms with Crippen molar-refractivity contribution in [3.05, 3.63) is 65.7 Å². The van der Waals surface area contributed by atoms with Crippen LogP contribution in [-0.2, 0) is 0 Å². The van der Waals surface area contributed by atoms with Gasteiger partial charge in [0.2, 0.25) is 0 Å². The fourth-order valence-electron chi connectivity index (χ4n) is 3.50. The normalized spacial score (nSPS) is 14.0. The molecule has 2 aromatic carbocycles. The van der Waals surface area contributed by atoms with Crippen LogP contribution in [0.15, 0.2) is 48.5 Å². The Morgan fingerprint density at radius 1 is 0.963 bits per heavy atom. The summed E-state index contributed by atoms with van der Waals surface area (Å²) in [7, 11) is 0. The highest BCUT2D eigenvalue weighted by atomic mass is 19.2. The van der Waals surface area contributed by atoms with Crippen molar-refractivity contribution in [1.82, 2.24) is 4.98 Å². The molecule has 0 atom stereocenters. The van der Waals surface area contributed by atoms with Gasteiger partial charge >= 0.3 is 0 Å². The van der Waals surface area contributed by atoms with Crippen LogP contribution in [0.25, 0.3) is 22.4 Å². The monoisotopic (exact) mass is 366 g/mol. The number of aryl methyl sites for hydroxylation is 1. The van der Waals surface area contributed by atoms with E-state index in [1.54, 1.807) is 24.3 Å². The summed E-state index contributed by atoms with van der Waals surface area (Å²) in [6.45, 7) is 3.68. The van der Waals surface area contributed by atoms with Crippen molar-refractivity contribution in [2.24, 2.45) is 0 Å². The molecule has 1 aliphatic heterocycles. The molecule has 1 saturated heterocycles. The Balaban J connectivity index is 1.92. The molecule has 0 spiro atoms. The Morgan fingerprint density at radius 2 is 1.74 bits per heavy atom. The van der Waals surface area contributed by atoms with Crippen LogP contribution in [0.5, 0.6) is 5.75 Å². The fraction of sp³-hybridized carbons (Fsp3) is 0.227. The van der Waals surface area contributed by atoms with Gasteiger partial charge in [-0.25, -0.2) is 13.8 Å². The largest absolute Gasteiger partial charge is 0.507 e. The van der Waals surface area contributed by atoms with Crippen molar-refractivity contribution in [2.45, 2.75) is 19.8 Å². The lowest BCUT2D eigenvalue weighted by atomic mass is 10.0. The van der Waals surface area contributed by atoms with Gasteiger partial charge in [0.05, 0.1) is 5.69 Å². The van der Waals surface area contributed by atoms with E-state index in [0.29, 0.717) is 22.6 Å². The minimum atomic E-state index is -0.882. The standard InChI is InChI=1S/C22H20F2N2O/c1-14-7-8-20(27)17(11-14)19-12-15(16-5-4-6-18(23)22(16)24)13-21(25-19)26-9-2-3-10-26/h4-8,11-13,27H,2-3,9-10H2,1H3. The fourth-order valence-corrected chi connectivity index (χ4v) is 3.50. The second-order valence-electron chi connectivity index (χ2n) is 6.92. The number of pyridine rings is 1. The highest BCUT2D eigenvalue weighted by Crippen LogP contribution is 2.35. The zero-order valence-electron chi connectivity index (χ0n) is 15.0. The quantitative estimate of drug-likeness (QED) is 0.683. The maximum absolute atomic E-state index is 14.4. The second-order valence-corrected chi connectivity index (χ2v) is 6.92. The first-order chi connectivity index (χ1) is 13.0. The number of rotatable bonds is 3. The summed E-state index contributed by atoms with van der Waals surface area (Å²) >= 11 is 0. The van der Waals surface area contributed by atoms with Crippen molar-refractivity contribution in [3.8, 4) is 28.1 Å². The third-order valence-corrected chi connectivity index (χ3v) is 4.93. The lowest BCUT2D eigenvalue weighted by Gasteiger charge is -2.19. The summed E-state index contributed by atoms with van der Waals surface area (Å²) in [5.74, 6) is -0.940. The zero-order chi connectivity index (χ0) is 19.0. The molecule has 0 unspecified atom stereocenters. The van der Waals surface area contributed by atoms with Crippen LogP contribution >= 0.6 is 0 Å². The van der Waals surface area contributed by atoms with Crippen molar-refractivity contribution in [1.29, 1.82) is 0 Å². The summed E-state index contributed by atoms with van der Waals surface area (Å²) in [4.78, 5) is 6.85. The van der Waals surface area contributed by atoms with Crippen LogP contribution in [-0.4, -0.2) is 23.2 Å². The Kier molecular flexibility index (Phi) is 4.52. The lowest BCUT2D eigenvalue weighted by molar-refractivity contribution is 0.477. The van der Waals surface area contributed by atoms with Gasteiger partial charge in [-0.15, -0.1) is 0 Å². The summed E-state index contributed by atoms with van der Waals surface area (Å²) < 4.78 is 28.2. The molecule has 0 saturated carbocycles. The smallest absolute Gasteiger partial charge is 0.166 e. The molecule has 138 valence electrons. The molecule has 4 rings (SSSR count). The maximum Gasteiger partial charge on any atom is 0.166 e. The Morgan fingerprint density at radius 3 is 2.52 bits per heavy atom. The number of anilines is 1. The second kappa shape index (κ2) is 6.99. The van der Waals surface area contributed by atoms with Gasteiger partial charge in [0.1, 0.15) is 11.6 Å². The van der Waals surface area contributed by atoms with E-state index >= 15 is 0 Å². The van der Waals surface area contributed by atoms with E-state index in [-0.39, 0.29) is 11.3 Å². The highest BCUT2D eigenvalue weighted by molar-refractivity contribution is 5.77. The zero-order valence-corrected chi connectivity index (χ0v) is 15.0. The minimum absolute atomic E-state index is 0.109. The SMILES string of the molecule is Cc1ccc(O)c(-c2cc(-c3cccc(F)c3F)cc(N3CCCC3)n2)c1. The molecule has 1 aliphatic rings. The van der Waals surface area contributed by atoms with E-state index < -0.39 is 11.6 Å².